The van der Waals surface area contributed by atoms with E-state index in [0.717, 1.165) is 53.8 Å². The predicted molar refractivity (Wildman–Crippen MR) is 150 cm³/mol. The maximum Gasteiger partial charge on any atom is 0.271 e. The van der Waals surface area contributed by atoms with Crippen LogP contribution < -0.4 is 5.32 Å². The zero-order valence-corrected chi connectivity index (χ0v) is 22.6. The second-order valence-corrected chi connectivity index (χ2v) is 10.1. The van der Waals surface area contributed by atoms with Crippen LogP contribution in [0.4, 0.5) is 0 Å². The van der Waals surface area contributed by atoms with Crippen LogP contribution in [0.25, 0.3) is 22.5 Å². The lowest BCUT2D eigenvalue weighted by molar-refractivity contribution is 0.0932. The second-order valence-electron chi connectivity index (χ2n) is 9.73. The fourth-order valence-electron chi connectivity index (χ4n) is 4.43. The van der Waals surface area contributed by atoms with Crippen LogP contribution >= 0.6 is 12.6 Å². The van der Waals surface area contributed by atoms with Gasteiger partial charge in [-0.1, -0.05) is 75.7 Å². The number of aryl methyl sites for hydroxylation is 1. The van der Waals surface area contributed by atoms with E-state index in [-0.39, 0.29) is 11.9 Å². The molecule has 0 spiro atoms. The first kappa shape index (κ1) is 26.6. The molecule has 1 atom stereocenters. The SMILES string of the molecule is CCCCc1nc(C(=O)N[C@@H](CS)CC(C)C)cn1Cc1ccc(-c2ccccc2-c2nn[nH]n2)cc1. The first-order valence-corrected chi connectivity index (χ1v) is 13.5. The highest BCUT2D eigenvalue weighted by molar-refractivity contribution is 7.80. The Labute approximate surface area is 223 Å². The Morgan fingerprint density at radius 1 is 1.11 bits per heavy atom. The van der Waals surface area contributed by atoms with Crippen molar-refractivity contribution >= 4 is 18.5 Å². The lowest BCUT2D eigenvalue weighted by Crippen LogP contribution is -2.37. The fourth-order valence-corrected chi connectivity index (χ4v) is 4.67. The van der Waals surface area contributed by atoms with Crippen molar-refractivity contribution in [2.75, 3.05) is 5.75 Å². The molecule has 9 heteroatoms. The third-order valence-corrected chi connectivity index (χ3v) is 6.73. The van der Waals surface area contributed by atoms with E-state index < -0.39 is 0 Å². The molecule has 2 aromatic carbocycles. The lowest BCUT2D eigenvalue weighted by Gasteiger charge is -2.17. The minimum absolute atomic E-state index is 0.0305. The summed E-state index contributed by atoms with van der Waals surface area (Å²) in [5, 5.41) is 17.6. The molecular weight excluding hydrogens is 482 g/mol. The smallest absolute Gasteiger partial charge is 0.271 e. The van der Waals surface area contributed by atoms with Gasteiger partial charge in [0.2, 0.25) is 5.82 Å². The maximum atomic E-state index is 13.0. The summed E-state index contributed by atoms with van der Waals surface area (Å²) in [5.41, 5.74) is 4.64. The highest BCUT2D eigenvalue weighted by Gasteiger charge is 2.18. The Balaban J connectivity index is 1.53. The van der Waals surface area contributed by atoms with Gasteiger partial charge in [-0.05, 0) is 40.7 Å². The Morgan fingerprint density at radius 2 is 1.86 bits per heavy atom. The molecule has 0 aliphatic rings. The number of carbonyl (C=O) groups is 1. The first-order valence-electron chi connectivity index (χ1n) is 12.9. The third kappa shape index (κ3) is 6.85. The minimum atomic E-state index is -0.135. The van der Waals surface area contributed by atoms with E-state index in [1.54, 1.807) is 0 Å². The number of amides is 1. The van der Waals surface area contributed by atoms with Gasteiger partial charge < -0.3 is 9.88 Å². The van der Waals surface area contributed by atoms with Crippen molar-refractivity contribution in [1.29, 1.82) is 0 Å². The van der Waals surface area contributed by atoms with E-state index in [0.29, 0.717) is 29.7 Å². The molecule has 0 aliphatic carbocycles. The Morgan fingerprint density at radius 3 is 2.51 bits per heavy atom. The molecule has 0 radical (unpaired) electrons. The number of unbranched alkanes of at least 4 members (excludes halogenated alkanes) is 1. The van der Waals surface area contributed by atoms with Crippen molar-refractivity contribution in [3.63, 3.8) is 0 Å². The monoisotopic (exact) mass is 517 g/mol. The molecule has 2 aromatic heterocycles. The average molecular weight is 518 g/mol. The van der Waals surface area contributed by atoms with Gasteiger partial charge in [0.1, 0.15) is 11.5 Å². The van der Waals surface area contributed by atoms with Gasteiger partial charge in [-0.25, -0.2) is 4.98 Å². The van der Waals surface area contributed by atoms with Crippen LogP contribution in [0.5, 0.6) is 0 Å². The number of rotatable bonds is 12. The summed E-state index contributed by atoms with van der Waals surface area (Å²) in [4.78, 5) is 17.7. The second kappa shape index (κ2) is 12.7. The number of nitrogens with zero attached hydrogens (tertiary/aromatic N) is 5. The largest absolute Gasteiger partial charge is 0.347 e. The Hall–Kier alpha value is -3.46. The number of benzene rings is 2. The third-order valence-electron chi connectivity index (χ3n) is 6.29. The molecule has 0 saturated carbocycles. The topological polar surface area (TPSA) is 101 Å². The van der Waals surface area contributed by atoms with Gasteiger partial charge in [0.15, 0.2) is 0 Å². The van der Waals surface area contributed by atoms with Gasteiger partial charge in [0, 0.05) is 36.5 Å². The number of aromatic nitrogens is 6. The van der Waals surface area contributed by atoms with Gasteiger partial charge >= 0.3 is 0 Å². The van der Waals surface area contributed by atoms with Crippen molar-refractivity contribution in [3.8, 4) is 22.5 Å². The zero-order chi connectivity index (χ0) is 26.2. The summed E-state index contributed by atoms with van der Waals surface area (Å²) in [5.74, 6) is 2.46. The molecular formula is C28H35N7OS. The number of imidazole rings is 1. The summed E-state index contributed by atoms with van der Waals surface area (Å²) in [6.45, 7) is 7.11. The van der Waals surface area contributed by atoms with Gasteiger partial charge in [-0.2, -0.15) is 17.8 Å². The average Bonchev–Trinajstić information content (AvgIpc) is 3.58. The molecule has 0 saturated heterocycles. The Kier molecular flexibility index (Phi) is 9.11. The molecule has 0 unspecified atom stereocenters. The summed E-state index contributed by atoms with van der Waals surface area (Å²) < 4.78 is 2.10. The number of carbonyl (C=O) groups excluding carboxylic acids is 1. The molecule has 0 aliphatic heterocycles. The highest BCUT2D eigenvalue weighted by Crippen LogP contribution is 2.30. The quantitative estimate of drug-likeness (QED) is 0.224. The molecule has 4 rings (SSSR count). The number of hydrogen-bond donors (Lipinski definition) is 3. The lowest BCUT2D eigenvalue weighted by atomic mass is 9.98. The number of H-pyrrole nitrogens is 1. The normalized spacial score (nSPS) is 12.1. The van der Waals surface area contributed by atoms with E-state index in [1.165, 1.54) is 0 Å². The van der Waals surface area contributed by atoms with Crippen molar-refractivity contribution in [3.05, 3.63) is 71.8 Å². The standard InChI is InChI=1S/C28H35N7OS/c1-4-5-10-26-30-25(28(36)29-22(18-37)15-19(2)3)17-35(26)16-20-11-13-21(14-12-20)23-8-6-7-9-24(23)27-31-33-34-32-27/h6-9,11-14,17,19,22,37H,4-5,10,15-16,18H2,1-3H3,(H,29,36)(H,31,32,33,34)/t22-/m1/s1. The predicted octanol–water partition coefficient (Wildman–Crippen LogP) is 5.20. The van der Waals surface area contributed by atoms with Crippen LogP contribution in [0.1, 0.15) is 61.9 Å². The summed E-state index contributed by atoms with van der Waals surface area (Å²) in [6.07, 6.45) is 5.70. The molecule has 8 nitrogen and oxygen atoms in total. The number of hydrogen-bond acceptors (Lipinski definition) is 6. The highest BCUT2D eigenvalue weighted by atomic mass is 32.1. The van der Waals surface area contributed by atoms with Crippen LogP contribution in [0.2, 0.25) is 0 Å². The molecule has 2 N–H and O–H groups in total. The van der Waals surface area contributed by atoms with E-state index in [2.05, 4.69) is 94.2 Å². The maximum absolute atomic E-state index is 13.0. The van der Waals surface area contributed by atoms with Crippen LogP contribution in [0.15, 0.2) is 54.7 Å². The van der Waals surface area contributed by atoms with Crippen LogP contribution in [0.3, 0.4) is 0 Å². The summed E-state index contributed by atoms with van der Waals surface area (Å²) in [6, 6.07) is 16.5. The van der Waals surface area contributed by atoms with Crippen molar-refractivity contribution in [2.24, 2.45) is 5.92 Å². The molecule has 4 aromatic rings. The van der Waals surface area contributed by atoms with Crippen LogP contribution in [0, 0.1) is 5.92 Å². The van der Waals surface area contributed by atoms with E-state index in [1.807, 2.05) is 24.4 Å². The van der Waals surface area contributed by atoms with Gasteiger partial charge in [-0.15, -0.1) is 10.2 Å². The number of nitrogens with one attached hydrogen (secondary N) is 2. The van der Waals surface area contributed by atoms with Crippen molar-refractivity contribution in [1.82, 2.24) is 35.5 Å². The number of thiol groups is 1. The van der Waals surface area contributed by atoms with Crippen molar-refractivity contribution in [2.45, 2.75) is 59.0 Å². The molecule has 1 amide bonds. The van der Waals surface area contributed by atoms with Gasteiger partial charge in [0.25, 0.3) is 5.91 Å². The molecule has 2 heterocycles. The fraction of sp³-hybridized carbons (Fsp3) is 0.393. The van der Waals surface area contributed by atoms with Gasteiger partial charge in [0.05, 0.1) is 0 Å². The van der Waals surface area contributed by atoms with Crippen LogP contribution in [-0.2, 0) is 13.0 Å². The zero-order valence-electron chi connectivity index (χ0n) is 21.7. The van der Waals surface area contributed by atoms with E-state index >= 15 is 0 Å². The molecule has 37 heavy (non-hydrogen) atoms. The van der Waals surface area contributed by atoms with Crippen LogP contribution in [-0.4, -0.2) is 47.9 Å². The van der Waals surface area contributed by atoms with Gasteiger partial charge in [-0.3, -0.25) is 4.79 Å². The molecule has 0 fully saturated rings. The van der Waals surface area contributed by atoms with Crippen molar-refractivity contribution < 1.29 is 4.79 Å². The van der Waals surface area contributed by atoms with E-state index in [4.69, 9.17) is 4.98 Å². The summed E-state index contributed by atoms with van der Waals surface area (Å²) in [7, 11) is 0. The summed E-state index contributed by atoms with van der Waals surface area (Å²) >= 11 is 4.42. The molecule has 0 bridgehead atoms. The minimum Gasteiger partial charge on any atom is -0.347 e. The number of tetrazole rings is 1. The van der Waals surface area contributed by atoms with E-state index in [9.17, 15) is 4.79 Å². The number of aromatic amines is 1. The molecule has 194 valence electrons. The Bertz CT molecular complexity index is 1280. The first-order chi connectivity index (χ1) is 18.0.